The summed E-state index contributed by atoms with van der Waals surface area (Å²) < 4.78 is 27.3. The first kappa shape index (κ1) is 17.4. The Bertz CT molecular complexity index is 972. The number of H-pyrrole nitrogens is 1. The first-order valence-corrected chi connectivity index (χ1v) is 8.67. The van der Waals surface area contributed by atoms with Crippen LogP contribution in [0.5, 0.6) is 0 Å². The Hall–Kier alpha value is -3.06. The van der Waals surface area contributed by atoms with Gasteiger partial charge in [0.15, 0.2) is 0 Å². The zero-order valence-electron chi connectivity index (χ0n) is 14.5. The lowest BCUT2D eigenvalue weighted by molar-refractivity contribution is -0.129. The normalized spacial score (nSPS) is 17.7. The molecule has 1 aromatic heterocycles. The number of hydrogen-bond donors (Lipinski definition) is 2. The lowest BCUT2D eigenvalue weighted by Crippen LogP contribution is -2.49. The Morgan fingerprint density at radius 1 is 1.11 bits per heavy atom. The van der Waals surface area contributed by atoms with Crippen molar-refractivity contribution in [3.63, 3.8) is 0 Å². The lowest BCUT2D eigenvalue weighted by Gasteiger charge is -2.35. The molecular formula is C20H18F2N4O. The maximum absolute atomic E-state index is 13.7. The number of aromatic nitrogens is 2. The molecule has 0 spiro atoms. The predicted octanol–water partition coefficient (Wildman–Crippen LogP) is 3.03. The number of amides is 1. The van der Waals surface area contributed by atoms with Crippen LogP contribution in [0, 0.1) is 11.6 Å². The highest BCUT2D eigenvalue weighted by atomic mass is 19.1. The van der Waals surface area contributed by atoms with Crippen LogP contribution in [0.3, 0.4) is 0 Å². The Kier molecular flexibility index (Phi) is 4.68. The van der Waals surface area contributed by atoms with Crippen LogP contribution in [0.25, 0.3) is 11.3 Å². The van der Waals surface area contributed by atoms with E-state index >= 15 is 0 Å². The Morgan fingerprint density at radius 3 is 2.67 bits per heavy atom. The minimum absolute atomic E-state index is 0.164. The quantitative estimate of drug-likeness (QED) is 0.744. The summed E-state index contributed by atoms with van der Waals surface area (Å²) >= 11 is 0. The van der Waals surface area contributed by atoms with Gasteiger partial charge in [-0.25, -0.2) is 8.78 Å². The fraction of sp³-hybridized carbons (Fsp3) is 0.200. The van der Waals surface area contributed by atoms with Crippen LogP contribution < -0.4 is 5.32 Å². The third-order valence-corrected chi connectivity index (χ3v) is 4.68. The molecule has 138 valence electrons. The molecule has 0 radical (unpaired) electrons. The highest BCUT2D eigenvalue weighted by Crippen LogP contribution is 2.29. The number of piperazine rings is 1. The molecule has 2 N–H and O–H groups in total. The first-order valence-electron chi connectivity index (χ1n) is 8.67. The van der Waals surface area contributed by atoms with Crippen molar-refractivity contribution in [1.82, 2.24) is 20.4 Å². The molecule has 0 bridgehead atoms. The molecule has 1 amide bonds. The van der Waals surface area contributed by atoms with Gasteiger partial charge < -0.3 is 5.32 Å². The number of nitrogens with zero attached hydrogens (tertiary/aromatic N) is 2. The molecule has 1 atom stereocenters. The van der Waals surface area contributed by atoms with Gasteiger partial charge >= 0.3 is 0 Å². The number of aromatic amines is 1. The molecule has 2 heterocycles. The van der Waals surface area contributed by atoms with Gasteiger partial charge in [0.05, 0.1) is 11.9 Å². The number of carbonyl (C=O) groups is 1. The zero-order chi connectivity index (χ0) is 18.8. The van der Waals surface area contributed by atoms with E-state index in [1.807, 2.05) is 4.90 Å². The minimum Gasteiger partial charge on any atom is -0.353 e. The van der Waals surface area contributed by atoms with Gasteiger partial charge in [-0.1, -0.05) is 24.3 Å². The largest absolute Gasteiger partial charge is 0.353 e. The van der Waals surface area contributed by atoms with E-state index in [1.165, 1.54) is 24.3 Å². The van der Waals surface area contributed by atoms with Crippen molar-refractivity contribution in [3.8, 4) is 11.3 Å². The monoisotopic (exact) mass is 368 g/mol. The number of benzene rings is 2. The molecule has 5 nitrogen and oxygen atoms in total. The average Bonchev–Trinajstić information content (AvgIpc) is 3.10. The van der Waals surface area contributed by atoms with E-state index in [4.69, 9.17) is 0 Å². The maximum Gasteiger partial charge on any atom is 0.242 e. The topological polar surface area (TPSA) is 61.0 Å². The fourth-order valence-electron chi connectivity index (χ4n) is 3.47. The Balaban J connectivity index is 1.65. The van der Waals surface area contributed by atoms with Crippen molar-refractivity contribution in [2.45, 2.75) is 12.6 Å². The summed E-state index contributed by atoms with van der Waals surface area (Å²) in [5, 5.41) is 9.84. The number of hydrogen-bond acceptors (Lipinski definition) is 3. The molecule has 27 heavy (non-hydrogen) atoms. The van der Waals surface area contributed by atoms with Crippen LogP contribution in [0.2, 0.25) is 0 Å². The number of carbonyl (C=O) groups excluding carboxylic acids is 1. The second kappa shape index (κ2) is 7.28. The van der Waals surface area contributed by atoms with Gasteiger partial charge in [0, 0.05) is 30.8 Å². The van der Waals surface area contributed by atoms with Crippen LogP contribution >= 0.6 is 0 Å². The number of nitrogens with one attached hydrogen (secondary N) is 2. The van der Waals surface area contributed by atoms with Crippen LogP contribution in [0.1, 0.15) is 17.2 Å². The third-order valence-electron chi connectivity index (χ3n) is 4.68. The van der Waals surface area contributed by atoms with E-state index in [-0.39, 0.29) is 17.5 Å². The summed E-state index contributed by atoms with van der Waals surface area (Å²) in [4.78, 5) is 14.5. The highest BCUT2D eigenvalue weighted by Gasteiger charge is 2.32. The van der Waals surface area contributed by atoms with Gasteiger partial charge in [0.2, 0.25) is 5.91 Å². The summed E-state index contributed by atoms with van der Waals surface area (Å²) in [5.74, 6) is -0.875. The Labute approximate surface area is 155 Å². The lowest BCUT2D eigenvalue weighted by atomic mass is 10.0. The van der Waals surface area contributed by atoms with Gasteiger partial charge in [0.25, 0.3) is 0 Å². The number of halogens is 2. The summed E-state index contributed by atoms with van der Waals surface area (Å²) in [6.45, 7) is 1.55. The molecular weight excluding hydrogens is 350 g/mol. The molecule has 1 aliphatic rings. The molecule has 1 saturated heterocycles. The predicted molar refractivity (Wildman–Crippen MR) is 96.5 cm³/mol. The average molecular weight is 368 g/mol. The van der Waals surface area contributed by atoms with E-state index in [0.717, 1.165) is 5.56 Å². The van der Waals surface area contributed by atoms with Crippen molar-refractivity contribution >= 4 is 5.91 Å². The van der Waals surface area contributed by atoms with Crippen LogP contribution in [0.4, 0.5) is 8.78 Å². The summed E-state index contributed by atoms with van der Waals surface area (Å²) in [6, 6.07) is 11.7. The second-order valence-corrected chi connectivity index (χ2v) is 6.50. The molecule has 0 saturated carbocycles. The molecule has 0 aliphatic carbocycles. The molecule has 0 unspecified atom stereocenters. The second-order valence-electron chi connectivity index (χ2n) is 6.50. The van der Waals surface area contributed by atoms with Crippen LogP contribution in [-0.4, -0.2) is 34.1 Å². The Morgan fingerprint density at radius 2 is 1.89 bits per heavy atom. The van der Waals surface area contributed by atoms with Crippen molar-refractivity contribution in [3.05, 3.63) is 77.5 Å². The summed E-state index contributed by atoms with van der Waals surface area (Å²) in [5.41, 5.74) is 2.84. The van der Waals surface area contributed by atoms with Gasteiger partial charge in [-0.3, -0.25) is 14.8 Å². The molecule has 3 aromatic rings. The van der Waals surface area contributed by atoms with E-state index in [1.54, 1.807) is 30.5 Å². The van der Waals surface area contributed by atoms with E-state index in [9.17, 15) is 13.6 Å². The van der Waals surface area contributed by atoms with Crippen molar-refractivity contribution < 1.29 is 13.6 Å². The van der Waals surface area contributed by atoms with Crippen LogP contribution in [-0.2, 0) is 11.3 Å². The van der Waals surface area contributed by atoms with E-state index in [2.05, 4.69) is 15.5 Å². The van der Waals surface area contributed by atoms with Crippen molar-refractivity contribution in [2.75, 3.05) is 13.1 Å². The number of rotatable bonds is 4. The van der Waals surface area contributed by atoms with Crippen molar-refractivity contribution in [2.24, 2.45) is 0 Å². The summed E-state index contributed by atoms with van der Waals surface area (Å²) in [6.07, 6.45) is 1.68. The fourth-order valence-corrected chi connectivity index (χ4v) is 3.47. The van der Waals surface area contributed by atoms with E-state index < -0.39 is 6.04 Å². The van der Waals surface area contributed by atoms with Gasteiger partial charge in [0.1, 0.15) is 17.7 Å². The van der Waals surface area contributed by atoms with E-state index in [0.29, 0.717) is 36.5 Å². The molecule has 7 heteroatoms. The van der Waals surface area contributed by atoms with Gasteiger partial charge in [-0.2, -0.15) is 5.10 Å². The molecule has 1 fully saturated rings. The minimum atomic E-state index is -0.593. The van der Waals surface area contributed by atoms with Gasteiger partial charge in [-0.05, 0) is 29.8 Å². The SMILES string of the molecule is O=C1NCCN(Cc2cn[nH]c2-c2cccc(F)c2)[C@H]1c1cccc(F)c1. The summed E-state index contributed by atoms with van der Waals surface area (Å²) in [7, 11) is 0. The maximum atomic E-state index is 13.7. The molecule has 1 aliphatic heterocycles. The standard InChI is InChI=1S/C20H18F2N4O/c21-16-5-1-3-13(9-16)18-15(11-24-25-18)12-26-8-7-23-20(27)19(26)14-4-2-6-17(22)10-14/h1-6,9-11,19H,7-8,12H2,(H,23,27)(H,24,25)/t19-/m0/s1. The van der Waals surface area contributed by atoms with Gasteiger partial charge in [-0.15, -0.1) is 0 Å². The highest BCUT2D eigenvalue weighted by molar-refractivity contribution is 5.84. The van der Waals surface area contributed by atoms with Crippen LogP contribution in [0.15, 0.2) is 54.7 Å². The van der Waals surface area contributed by atoms with Crippen molar-refractivity contribution in [1.29, 1.82) is 0 Å². The third kappa shape index (κ3) is 3.59. The molecule has 2 aromatic carbocycles. The first-order chi connectivity index (χ1) is 13.1. The molecule has 4 rings (SSSR count). The zero-order valence-corrected chi connectivity index (χ0v) is 14.5. The smallest absolute Gasteiger partial charge is 0.242 e.